The zero-order valence-corrected chi connectivity index (χ0v) is 11.8. The number of halogens is 1. The summed E-state index contributed by atoms with van der Waals surface area (Å²) >= 11 is 6.00. The molecule has 1 aromatic rings. The number of aromatic nitrogens is 2. The van der Waals surface area contributed by atoms with Crippen LogP contribution in [0, 0.1) is 0 Å². The van der Waals surface area contributed by atoms with Crippen molar-refractivity contribution >= 4 is 11.6 Å². The average Bonchev–Trinajstić information content (AvgIpc) is 2.72. The fraction of sp³-hybridized carbons (Fsp3) is 0.750. The molecule has 1 heterocycles. The van der Waals surface area contributed by atoms with Crippen LogP contribution in [0.25, 0.3) is 0 Å². The predicted molar refractivity (Wildman–Crippen MR) is 69.7 cm³/mol. The standard InChI is InChI=1S/C12H21ClN2O3/c1-3-4-5-11-14-10(12(13)15-11)8-18-9-17-7-6-16-2/h3-9H2,1-2H3,(H,14,15). The van der Waals surface area contributed by atoms with Crippen molar-refractivity contribution in [3.8, 4) is 0 Å². The number of unbranched alkanes of at least 4 members (excludes halogenated alkanes) is 1. The number of nitrogens with one attached hydrogen (secondary N) is 1. The van der Waals surface area contributed by atoms with Crippen LogP contribution in [-0.2, 0) is 27.2 Å². The fourth-order valence-corrected chi connectivity index (χ4v) is 1.61. The van der Waals surface area contributed by atoms with Gasteiger partial charge < -0.3 is 19.2 Å². The van der Waals surface area contributed by atoms with Crippen molar-refractivity contribution in [2.45, 2.75) is 32.8 Å². The summed E-state index contributed by atoms with van der Waals surface area (Å²) < 4.78 is 15.4. The number of methoxy groups -OCH3 is 1. The largest absolute Gasteiger partial charge is 0.382 e. The zero-order valence-electron chi connectivity index (χ0n) is 11.0. The molecule has 0 fully saturated rings. The highest BCUT2D eigenvalue weighted by molar-refractivity contribution is 6.30. The maximum Gasteiger partial charge on any atom is 0.152 e. The third-order valence-electron chi connectivity index (χ3n) is 2.39. The third-order valence-corrected chi connectivity index (χ3v) is 2.70. The summed E-state index contributed by atoms with van der Waals surface area (Å²) in [6.45, 7) is 3.84. The molecule has 0 unspecified atom stereocenters. The third kappa shape index (κ3) is 5.82. The number of ether oxygens (including phenoxy) is 3. The molecule has 5 nitrogen and oxygen atoms in total. The summed E-state index contributed by atoms with van der Waals surface area (Å²) in [4.78, 5) is 7.42. The molecule has 0 aromatic carbocycles. The molecule has 0 atom stereocenters. The molecular weight excluding hydrogens is 256 g/mol. The van der Waals surface area contributed by atoms with Gasteiger partial charge in [0.05, 0.1) is 25.5 Å². The molecule has 0 bridgehead atoms. The minimum atomic E-state index is 0.225. The van der Waals surface area contributed by atoms with Crippen molar-refractivity contribution in [2.75, 3.05) is 27.1 Å². The van der Waals surface area contributed by atoms with E-state index < -0.39 is 0 Å². The Morgan fingerprint density at radius 3 is 2.83 bits per heavy atom. The van der Waals surface area contributed by atoms with Gasteiger partial charge in [0.1, 0.15) is 12.6 Å². The average molecular weight is 277 g/mol. The predicted octanol–water partition coefficient (Wildman–Crippen LogP) is 2.54. The number of rotatable bonds is 10. The quantitative estimate of drug-likeness (QED) is 0.527. The molecule has 0 aliphatic rings. The van der Waals surface area contributed by atoms with Crippen LogP contribution in [0.4, 0.5) is 0 Å². The Bertz CT molecular complexity index is 331. The molecule has 0 amide bonds. The van der Waals surface area contributed by atoms with E-state index in [0.29, 0.717) is 25.0 Å². The Morgan fingerprint density at radius 1 is 1.28 bits per heavy atom. The molecular formula is C12H21ClN2O3. The number of aromatic amines is 1. The molecule has 6 heteroatoms. The molecule has 18 heavy (non-hydrogen) atoms. The molecule has 0 saturated carbocycles. The lowest BCUT2D eigenvalue weighted by Crippen LogP contribution is -2.06. The van der Waals surface area contributed by atoms with Crippen molar-refractivity contribution in [3.63, 3.8) is 0 Å². The lowest BCUT2D eigenvalue weighted by Gasteiger charge is -2.04. The number of aryl methyl sites for hydroxylation is 1. The summed E-state index contributed by atoms with van der Waals surface area (Å²) in [6, 6.07) is 0. The highest BCUT2D eigenvalue weighted by atomic mass is 35.5. The van der Waals surface area contributed by atoms with Gasteiger partial charge in [0.15, 0.2) is 5.15 Å². The Labute approximate surface area is 113 Å². The Kier molecular flexibility index (Phi) is 8.00. The first-order valence-electron chi connectivity index (χ1n) is 6.15. The van der Waals surface area contributed by atoms with Gasteiger partial charge in [0.25, 0.3) is 0 Å². The van der Waals surface area contributed by atoms with Crippen LogP contribution in [0.15, 0.2) is 0 Å². The van der Waals surface area contributed by atoms with Crippen molar-refractivity contribution in [1.82, 2.24) is 9.97 Å². The van der Waals surface area contributed by atoms with Crippen molar-refractivity contribution < 1.29 is 14.2 Å². The Balaban J connectivity index is 2.22. The SMILES string of the molecule is CCCCc1nc(Cl)c(COCOCCOC)[nH]1. The van der Waals surface area contributed by atoms with Gasteiger partial charge in [-0.1, -0.05) is 24.9 Å². The molecule has 0 aliphatic carbocycles. The second kappa shape index (κ2) is 9.33. The second-order valence-corrected chi connectivity index (χ2v) is 4.28. The number of nitrogens with zero attached hydrogens (tertiary/aromatic N) is 1. The summed E-state index contributed by atoms with van der Waals surface area (Å²) in [5.74, 6) is 0.917. The summed E-state index contributed by atoms with van der Waals surface area (Å²) in [5.41, 5.74) is 0.804. The Morgan fingerprint density at radius 2 is 2.11 bits per heavy atom. The van der Waals surface area contributed by atoms with Gasteiger partial charge in [0, 0.05) is 13.5 Å². The minimum absolute atomic E-state index is 0.225. The van der Waals surface area contributed by atoms with Gasteiger partial charge in [-0.3, -0.25) is 0 Å². The first kappa shape index (κ1) is 15.4. The van der Waals surface area contributed by atoms with Crippen LogP contribution in [0.2, 0.25) is 5.15 Å². The normalized spacial score (nSPS) is 11.1. The van der Waals surface area contributed by atoms with E-state index in [1.54, 1.807) is 7.11 Å². The van der Waals surface area contributed by atoms with Gasteiger partial charge >= 0.3 is 0 Å². The molecule has 104 valence electrons. The van der Waals surface area contributed by atoms with Crippen LogP contribution < -0.4 is 0 Å². The van der Waals surface area contributed by atoms with Crippen LogP contribution in [0.5, 0.6) is 0 Å². The molecule has 0 aliphatic heterocycles. The summed E-state index contributed by atoms with van der Waals surface area (Å²) in [6.07, 6.45) is 3.16. The zero-order chi connectivity index (χ0) is 13.2. The molecule has 1 rings (SSSR count). The molecule has 1 N–H and O–H groups in total. The molecule has 0 saturated heterocycles. The van der Waals surface area contributed by atoms with Crippen molar-refractivity contribution in [2.24, 2.45) is 0 Å². The summed E-state index contributed by atoms with van der Waals surface area (Å²) in [5, 5.41) is 0.484. The van der Waals surface area contributed by atoms with E-state index in [1.807, 2.05) is 0 Å². The minimum Gasteiger partial charge on any atom is -0.382 e. The van der Waals surface area contributed by atoms with Crippen LogP contribution >= 0.6 is 11.6 Å². The van der Waals surface area contributed by atoms with E-state index in [4.69, 9.17) is 25.8 Å². The van der Waals surface area contributed by atoms with E-state index in [2.05, 4.69) is 16.9 Å². The van der Waals surface area contributed by atoms with E-state index in [0.717, 1.165) is 30.8 Å². The highest BCUT2D eigenvalue weighted by Gasteiger charge is 2.07. The lowest BCUT2D eigenvalue weighted by molar-refractivity contribution is -0.0731. The van der Waals surface area contributed by atoms with Gasteiger partial charge in [0.2, 0.25) is 0 Å². The first-order chi connectivity index (χ1) is 8.77. The van der Waals surface area contributed by atoms with E-state index >= 15 is 0 Å². The van der Waals surface area contributed by atoms with Crippen molar-refractivity contribution in [1.29, 1.82) is 0 Å². The number of hydrogen-bond donors (Lipinski definition) is 1. The topological polar surface area (TPSA) is 56.4 Å². The van der Waals surface area contributed by atoms with E-state index in [-0.39, 0.29) is 6.79 Å². The number of imidazole rings is 1. The van der Waals surface area contributed by atoms with Gasteiger partial charge in [-0.05, 0) is 6.42 Å². The molecule has 0 spiro atoms. The monoisotopic (exact) mass is 276 g/mol. The second-order valence-electron chi connectivity index (χ2n) is 3.92. The number of H-pyrrole nitrogens is 1. The first-order valence-corrected chi connectivity index (χ1v) is 6.53. The van der Waals surface area contributed by atoms with Crippen LogP contribution in [0.3, 0.4) is 0 Å². The summed E-state index contributed by atoms with van der Waals surface area (Å²) in [7, 11) is 1.63. The highest BCUT2D eigenvalue weighted by Crippen LogP contribution is 2.15. The van der Waals surface area contributed by atoms with Crippen molar-refractivity contribution in [3.05, 3.63) is 16.7 Å². The van der Waals surface area contributed by atoms with Gasteiger partial charge in [-0.25, -0.2) is 4.98 Å². The van der Waals surface area contributed by atoms with Crippen LogP contribution in [-0.4, -0.2) is 37.1 Å². The molecule has 1 aromatic heterocycles. The van der Waals surface area contributed by atoms with E-state index in [1.165, 1.54) is 0 Å². The lowest BCUT2D eigenvalue weighted by atomic mass is 10.2. The van der Waals surface area contributed by atoms with Crippen LogP contribution in [0.1, 0.15) is 31.3 Å². The maximum atomic E-state index is 6.00. The van der Waals surface area contributed by atoms with Gasteiger partial charge in [-0.15, -0.1) is 0 Å². The maximum absolute atomic E-state index is 6.00. The Hall–Kier alpha value is -0.620. The molecule has 0 radical (unpaired) electrons. The van der Waals surface area contributed by atoms with E-state index in [9.17, 15) is 0 Å². The number of hydrogen-bond acceptors (Lipinski definition) is 4. The smallest absolute Gasteiger partial charge is 0.152 e. The fourth-order valence-electron chi connectivity index (χ4n) is 1.40. The van der Waals surface area contributed by atoms with Gasteiger partial charge in [-0.2, -0.15) is 0 Å².